The molecule has 0 aliphatic carbocycles. The highest BCUT2D eigenvalue weighted by Crippen LogP contribution is 2.32. The molecule has 0 radical (unpaired) electrons. The van der Waals surface area contributed by atoms with Crippen LogP contribution in [-0.2, 0) is 6.54 Å². The zero-order valence-electron chi connectivity index (χ0n) is 13.4. The second kappa shape index (κ2) is 7.73. The lowest BCUT2D eigenvalue weighted by Crippen LogP contribution is -2.18. The van der Waals surface area contributed by atoms with Crippen molar-refractivity contribution in [1.29, 1.82) is 0 Å². The van der Waals surface area contributed by atoms with Crippen molar-refractivity contribution in [2.24, 2.45) is 0 Å². The molecule has 0 saturated carbocycles. The molecule has 0 saturated heterocycles. The Morgan fingerprint density at radius 1 is 1.20 bits per heavy atom. The summed E-state index contributed by atoms with van der Waals surface area (Å²) in [5.74, 6) is -0.713. The number of anilines is 1. The minimum Gasteiger partial charge on any atom is -0.493 e. The van der Waals surface area contributed by atoms with Gasteiger partial charge in [0.1, 0.15) is 11.5 Å². The van der Waals surface area contributed by atoms with E-state index in [1.54, 1.807) is 11.9 Å². The van der Waals surface area contributed by atoms with Gasteiger partial charge in [-0.25, -0.2) is 4.39 Å². The molecule has 0 aromatic heterocycles. The van der Waals surface area contributed by atoms with Crippen LogP contribution in [-0.4, -0.2) is 25.7 Å². The monoisotopic (exact) mass is 356 g/mol. The van der Waals surface area contributed by atoms with Gasteiger partial charge in [0.05, 0.1) is 18.1 Å². The Morgan fingerprint density at radius 3 is 2.52 bits per heavy atom. The van der Waals surface area contributed by atoms with Gasteiger partial charge in [-0.2, -0.15) is 8.78 Å². The summed E-state index contributed by atoms with van der Waals surface area (Å²) >= 11 is 0. The number of methoxy groups -OCH3 is 1. The molecule has 6 nitrogen and oxygen atoms in total. The third-order valence-corrected chi connectivity index (χ3v) is 3.41. The first-order chi connectivity index (χ1) is 11.8. The van der Waals surface area contributed by atoms with Crippen molar-refractivity contribution >= 4 is 11.4 Å². The van der Waals surface area contributed by atoms with Crippen LogP contribution in [0.3, 0.4) is 0 Å². The van der Waals surface area contributed by atoms with Crippen LogP contribution in [0.25, 0.3) is 0 Å². The fraction of sp³-hybridized carbons (Fsp3) is 0.250. The minimum absolute atomic E-state index is 0.111. The Bertz CT molecular complexity index is 771. The second-order valence-corrected chi connectivity index (χ2v) is 5.11. The first kappa shape index (κ1) is 18.4. The van der Waals surface area contributed by atoms with E-state index in [9.17, 15) is 23.3 Å². The van der Waals surface area contributed by atoms with Gasteiger partial charge in [-0.1, -0.05) is 6.07 Å². The predicted octanol–water partition coefficient (Wildman–Crippen LogP) is 3.98. The van der Waals surface area contributed by atoms with E-state index >= 15 is 0 Å². The predicted molar refractivity (Wildman–Crippen MR) is 84.8 cm³/mol. The van der Waals surface area contributed by atoms with E-state index in [0.29, 0.717) is 5.56 Å². The average molecular weight is 356 g/mol. The van der Waals surface area contributed by atoms with E-state index in [4.69, 9.17) is 4.74 Å². The molecule has 0 N–H and O–H groups in total. The summed E-state index contributed by atoms with van der Waals surface area (Å²) in [5, 5.41) is 11.1. The number of nitrogens with zero attached hydrogens (tertiary/aromatic N) is 2. The van der Waals surface area contributed by atoms with E-state index in [2.05, 4.69) is 4.74 Å². The molecule has 0 amide bonds. The molecule has 2 aromatic carbocycles. The summed E-state index contributed by atoms with van der Waals surface area (Å²) in [4.78, 5) is 12.0. The number of benzene rings is 2. The number of alkyl halides is 2. The van der Waals surface area contributed by atoms with E-state index in [0.717, 1.165) is 12.1 Å². The zero-order chi connectivity index (χ0) is 18.6. The van der Waals surface area contributed by atoms with Gasteiger partial charge < -0.3 is 14.4 Å². The SMILES string of the molecule is COc1cc(CN(C)c2ccc(F)cc2[N+](=O)[O-])ccc1OC(F)F. The minimum atomic E-state index is -2.98. The highest BCUT2D eigenvalue weighted by atomic mass is 19.3. The largest absolute Gasteiger partial charge is 0.493 e. The van der Waals surface area contributed by atoms with Crippen molar-refractivity contribution in [3.63, 3.8) is 0 Å². The molecule has 0 heterocycles. The topological polar surface area (TPSA) is 64.8 Å². The molecular formula is C16H15F3N2O4. The lowest BCUT2D eigenvalue weighted by molar-refractivity contribution is -0.384. The molecule has 9 heteroatoms. The summed E-state index contributed by atoms with van der Waals surface area (Å²) in [5.41, 5.74) is 0.491. The Labute approximate surface area is 141 Å². The molecule has 0 aliphatic rings. The first-order valence-electron chi connectivity index (χ1n) is 7.08. The van der Waals surface area contributed by atoms with Gasteiger partial charge in [-0.15, -0.1) is 0 Å². The Hall–Kier alpha value is -2.97. The maximum atomic E-state index is 13.2. The van der Waals surface area contributed by atoms with Crippen molar-refractivity contribution in [2.45, 2.75) is 13.2 Å². The Morgan fingerprint density at radius 2 is 1.92 bits per heavy atom. The van der Waals surface area contributed by atoms with Gasteiger partial charge >= 0.3 is 6.61 Å². The number of ether oxygens (including phenoxy) is 2. The van der Waals surface area contributed by atoms with E-state index in [1.165, 1.54) is 31.4 Å². The van der Waals surface area contributed by atoms with E-state index < -0.39 is 17.4 Å². The van der Waals surface area contributed by atoms with Gasteiger partial charge in [0, 0.05) is 13.6 Å². The van der Waals surface area contributed by atoms with Crippen LogP contribution in [0.5, 0.6) is 11.5 Å². The maximum absolute atomic E-state index is 13.2. The molecule has 25 heavy (non-hydrogen) atoms. The second-order valence-electron chi connectivity index (χ2n) is 5.11. The number of rotatable bonds is 7. The van der Waals surface area contributed by atoms with Gasteiger partial charge in [0.2, 0.25) is 0 Å². The summed E-state index contributed by atoms with van der Waals surface area (Å²) in [6.45, 7) is -2.78. The fourth-order valence-corrected chi connectivity index (χ4v) is 2.33. The van der Waals surface area contributed by atoms with Crippen LogP contribution in [0.2, 0.25) is 0 Å². The summed E-state index contributed by atoms with van der Waals surface area (Å²) in [6.07, 6.45) is 0. The maximum Gasteiger partial charge on any atom is 0.387 e. The Kier molecular flexibility index (Phi) is 5.68. The number of hydrogen-bond acceptors (Lipinski definition) is 5. The molecule has 0 fully saturated rings. The molecule has 2 aromatic rings. The number of hydrogen-bond donors (Lipinski definition) is 0. The number of nitro groups is 1. The van der Waals surface area contributed by atoms with Crippen LogP contribution in [0.15, 0.2) is 36.4 Å². The smallest absolute Gasteiger partial charge is 0.387 e. The molecular weight excluding hydrogens is 341 g/mol. The zero-order valence-corrected chi connectivity index (χ0v) is 13.4. The molecule has 0 aliphatic heterocycles. The van der Waals surface area contributed by atoms with E-state index in [1.807, 2.05) is 0 Å². The Balaban J connectivity index is 2.26. The van der Waals surface area contributed by atoms with Crippen molar-refractivity contribution in [2.75, 3.05) is 19.1 Å². The number of nitro benzene ring substituents is 1. The van der Waals surface area contributed by atoms with Crippen LogP contribution < -0.4 is 14.4 Å². The van der Waals surface area contributed by atoms with Gasteiger partial charge in [-0.05, 0) is 29.8 Å². The lowest BCUT2D eigenvalue weighted by atomic mass is 10.1. The molecule has 0 spiro atoms. The highest BCUT2D eigenvalue weighted by Gasteiger charge is 2.19. The molecule has 134 valence electrons. The van der Waals surface area contributed by atoms with Crippen LogP contribution in [0.1, 0.15) is 5.56 Å². The average Bonchev–Trinajstić information content (AvgIpc) is 2.55. The van der Waals surface area contributed by atoms with Gasteiger partial charge in [0.25, 0.3) is 5.69 Å². The van der Waals surface area contributed by atoms with E-state index in [-0.39, 0.29) is 29.4 Å². The van der Waals surface area contributed by atoms with Crippen molar-refractivity contribution in [1.82, 2.24) is 0 Å². The summed E-state index contributed by atoms with van der Waals surface area (Å²) in [7, 11) is 2.91. The standard InChI is InChI=1S/C16H15F3N2O4/c1-20(12-5-4-11(17)8-13(12)21(22)23)9-10-3-6-14(25-16(18)19)15(7-10)24-2/h3-8,16H,9H2,1-2H3. The molecule has 0 bridgehead atoms. The van der Waals surface area contributed by atoms with Crippen LogP contribution in [0, 0.1) is 15.9 Å². The third-order valence-electron chi connectivity index (χ3n) is 3.41. The third kappa shape index (κ3) is 4.52. The number of halogens is 3. The first-order valence-corrected chi connectivity index (χ1v) is 7.08. The normalized spacial score (nSPS) is 10.6. The highest BCUT2D eigenvalue weighted by molar-refractivity contribution is 5.63. The quantitative estimate of drug-likeness (QED) is 0.555. The molecule has 2 rings (SSSR count). The van der Waals surface area contributed by atoms with Gasteiger partial charge in [0.15, 0.2) is 11.5 Å². The van der Waals surface area contributed by atoms with Crippen molar-refractivity contribution in [3.05, 3.63) is 57.9 Å². The molecule has 0 unspecified atom stereocenters. The fourth-order valence-electron chi connectivity index (χ4n) is 2.33. The summed E-state index contributed by atoms with van der Waals surface area (Å²) in [6, 6.07) is 7.62. The summed E-state index contributed by atoms with van der Waals surface area (Å²) < 4.78 is 47.3. The van der Waals surface area contributed by atoms with Crippen molar-refractivity contribution in [3.8, 4) is 11.5 Å². The lowest BCUT2D eigenvalue weighted by Gasteiger charge is -2.20. The van der Waals surface area contributed by atoms with Gasteiger partial charge in [-0.3, -0.25) is 10.1 Å². The van der Waals surface area contributed by atoms with Crippen LogP contribution >= 0.6 is 0 Å². The molecule has 0 atom stereocenters. The van der Waals surface area contributed by atoms with Crippen molar-refractivity contribution < 1.29 is 27.6 Å². The van der Waals surface area contributed by atoms with Crippen LogP contribution in [0.4, 0.5) is 24.5 Å².